The molecule has 0 spiro atoms. The first kappa shape index (κ1) is 11.3. The molecular weight excluding hydrogens is 220 g/mol. The summed E-state index contributed by atoms with van der Waals surface area (Å²) in [5.41, 5.74) is 7.30. The summed E-state index contributed by atoms with van der Waals surface area (Å²) in [5, 5.41) is 0. The first-order valence-electron chi connectivity index (χ1n) is 6.46. The number of benzene rings is 1. The lowest BCUT2D eigenvalue weighted by Gasteiger charge is -2.12. The quantitative estimate of drug-likeness (QED) is 0.620. The fraction of sp³-hybridized carbons (Fsp3) is 0.312. The third-order valence-corrected chi connectivity index (χ3v) is 3.65. The second-order valence-corrected chi connectivity index (χ2v) is 5.34. The van der Waals surface area contributed by atoms with Gasteiger partial charge in [0, 0.05) is 6.20 Å². The monoisotopic (exact) mass is 238 g/mol. The summed E-state index contributed by atoms with van der Waals surface area (Å²) in [6, 6.07) is 8.67. The Balaban J connectivity index is 2.51. The van der Waals surface area contributed by atoms with Gasteiger partial charge in [-0.1, -0.05) is 13.8 Å². The number of nitrogens with zero attached hydrogens (tertiary/aromatic N) is 2. The highest BCUT2D eigenvalue weighted by molar-refractivity contribution is 5.81. The molecule has 0 radical (unpaired) electrons. The molecule has 0 amide bonds. The first-order valence-corrected chi connectivity index (χ1v) is 6.46. The zero-order chi connectivity index (χ0) is 12.9. The molecule has 0 atom stereocenters. The molecule has 0 aliphatic carbocycles. The molecule has 3 aromatic rings. The summed E-state index contributed by atoms with van der Waals surface area (Å²) in [6.07, 6.45) is 2.12. The van der Waals surface area contributed by atoms with E-state index in [2.05, 4.69) is 62.6 Å². The molecule has 3 rings (SSSR count). The van der Waals surface area contributed by atoms with Crippen LogP contribution in [0.25, 0.3) is 16.6 Å². The van der Waals surface area contributed by atoms with Gasteiger partial charge >= 0.3 is 0 Å². The Kier molecular flexibility index (Phi) is 2.40. The highest BCUT2D eigenvalue weighted by Crippen LogP contribution is 2.25. The van der Waals surface area contributed by atoms with Gasteiger partial charge in [0.15, 0.2) is 0 Å². The van der Waals surface area contributed by atoms with Crippen molar-refractivity contribution in [1.29, 1.82) is 0 Å². The van der Waals surface area contributed by atoms with Gasteiger partial charge in [-0.05, 0) is 55.2 Å². The van der Waals surface area contributed by atoms with Gasteiger partial charge in [0.25, 0.3) is 0 Å². The third kappa shape index (κ3) is 1.52. The molecule has 0 unspecified atom stereocenters. The highest BCUT2D eigenvalue weighted by Gasteiger charge is 2.11. The van der Waals surface area contributed by atoms with Gasteiger partial charge in [-0.3, -0.25) is 0 Å². The lowest BCUT2D eigenvalue weighted by Crippen LogP contribution is -2.00. The molecule has 92 valence electrons. The SMILES string of the molecule is Cc1cc2nc(C(C)C)c3cccn3c2cc1C. The van der Waals surface area contributed by atoms with E-state index in [1.54, 1.807) is 0 Å². The van der Waals surface area contributed by atoms with Crippen LogP contribution in [0.4, 0.5) is 0 Å². The van der Waals surface area contributed by atoms with Crippen molar-refractivity contribution in [2.45, 2.75) is 33.6 Å². The number of aromatic nitrogens is 2. The van der Waals surface area contributed by atoms with Gasteiger partial charge in [-0.25, -0.2) is 4.98 Å². The van der Waals surface area contributed by atoms with Crippen LogP contribution in [-0.4, -0.2) is 9.38 Å². The third-order valence-electron chi connectivity index (χ3n) is 3.65. The number of hydrogen-bond donors (Lipinski definition) is 0. The van der Waals surface area contributed by atoms with Crippen LogP contribution >= 0.6 is 0 Å². The summed E-state index contributed by atoms with van der Waals surface area (Å²) >= 11 is 0. The van der Waals surface area contributed by atoms with Crippen LogP contribution in [0.2, 0.25) is 0 Å². The normalized spacial score (nSPS) is 11.8. The largest absolute Gasteiger partial charge is 0.313 e. The van der Waals surface area contributed by atoms with Crippen LogP contribution in [-0.2, 0) is 0 Å². The van der Waals surface area contributed by atoms with Gasteiger partial charge in [0.2, 0.25) is 0 Å². The van der Waals surface area contributed by atoms with Crippen LogP contribution in [0, 0.1) is 13.8 Å². The lowest BCUT2D eigenvalue weighted by atomic mass is 10.1. The minimum Gasteiger partial charge on any atom is -0.313 e. The molecule has 0 aliphatic heterocycles. The summed E-state index contributed by atoms with van der Waals surface area (Å²) in [4.78, 5) is 4.86. The second kappa shape index (κ2) is 3.84. The Labute approximate surface area is 107 Å². The first-order chi connectivity index (χ1) is 8.58. The molecule has 0 saturated carbocycles. The van der Waals surface area contributed by atoms with Crippen molar-refractivity contribution in [1.82, 2.24) is 9.38 Å². The molecule has 2 nitrogen and oxygen atoms in total. The van der Waals surface area contributed by atoms with E-state index in [9.17, 15) is 0 Å². The summed E-state index contributed by atoms with van der Waals surface area (Å²) < 4.78 is 2.25. The predicted molar refractivity (Wildman–Crippen MR) is 76.3 cm³/mol. The predicted octanol–water partition coefficient (Wildman–Crippen LogP) is 4.23. The molecule has 0 fully saturated rings. The Morgan fingerprint density at radius 1 is 1.06 bits per heavy atom. The van der Waals surface area contributed by atoms with E-state index in [0.29, 0.717) is 5.92 Å². The Morgan fingerprint density at radius 2 is 1.78 bits per heavy atom. The van der Waals surface area contributed by atoms with Gasteiger partial charge < -0.3 is 4.40 Å². The van der Waals surface area contributed by atoms with Crippen LogP contribution < -0.4 is 0 Å². The smallest absolute Gasteiger partial charge is 0.0877 e. The van der Waals surface area contributed by atoms with E-state index in [4.69, 9.17) is 4.98 Å². The molecule has 0 bridgehead atoms. The molecule has 0 N–H and O–H groups in total. The van der Waals surface area contributed by atoms with Crippen molar-refractivity contribution in [3.63, 3.8) is 0 Å². The van der Waals surface area contributed by atoms with Crippen molar-refractivity contribution in [3.05, 3.63) is 47.3 Å². The van der Waals surface area contributed by atoms with Crippen molar-refractivity contribution < 1.29 is 0 Å². The van der Waals surface area contributed by atoms with Gasteiger partial charge in [0.05, 0.1) is 22.2 Å². The zero-order valence-corrected chi connectivity index (χ0v) is 11.4. The highest BCUT2D eigenvalue weighted by atomic mass is 14.9. The fourth-order valence-corrected chi connectivity index (χ4v) is 2.48. The molecule has 1 aromatic carbocycles. The van der Waals surface area contributed by atoms with Crippen molar-refractivity contribution in [2.24, 2.45) is 0 Å². The molecule has 2 heteroatoms. The number of rotatable bonds is 1. The van der Waals surface area contributed by atoms with E-state index in [1.165, 1.54) is 27.9 Å². The maximum atomic E-state index is 4.86. The molecule has 2 aromatic heterocycles. The molecule has 18 heavy (non-hydrogen) atoms. The molecular formula is C16H18N2. The van der Waals surface area contributed by atoms with Crippen molar-refractivity contribution in [2.75, 3.05) is 0 Å². The second-order valence-electron chi connectivity index (χ2n) is 5.34. The van der Waals surface area contributed by atoms with E-state index in [0.717, 1.165) is 5.52 Å². The van der Waals surface area contributed by atoms with Gasteiger partial charge in [-0.2, -0.15) is 0 Å². The van der Waals surface area contributed by atoms with Crippen LogP contribution in [0.3, 0.4) is 0 Å². The minimum atomic E-state index is 0.438. The minimum absolute atomic E-state index is 0.438. The maximum Gasteiger partial charge on any atom is 0.0877 e. The van der Waals surface area contributed by atoms with Crippen LogP contribution in [0.15, 0.2) is 30.5 Å². The fourth-order valence-electron chi connectivity index (χ4n) is 2.48. The van der Waals surface area contributed by atoms with Crippen LogP contribution in [0.1, 0.15) is 36.6 Å². The van der Waals surface area contributed by atoms with Crippen molar-refractivity contribution in [3.8, 4) is 0 Å². The van der Waals surface area contributed by atoms with Gasteiger partial charge in [-0.15, -0.1) is 0 Å². The topological polar surface area (TPSA) is 17.3 Å². The van der Waals surface area contributed by atoms with Gasteiger partial charge in [0.1, 0.15) is 0 Å². The van der Waals surface area contributed by atoms with E-state index in [-0.39, 0.29) is 0 Å². The standard InChI is InChI=1S/C16H18N2/c1-10(2)16-14-6-5-7-18(14)15-9-12(4)11(3)8-13(15)17-16/h5-10H,1-4H3. The van der Waals surface area contributed by atoms with E-state index >= 15 is 0 Å². The Morgan fingerprint density at radius 3 is 2.50 bits per heavy atom. The molecule has 0 saturated heterocycles. The van der Waals surface area contributed by atoms with Crippen molar-refractivity contribution >= 4 is 16.6 Å². The Bertz CT molecular complexity index is 736. The van der Waals surface area contributed by atoms with E-state index in [1.807, 2.05) is 0 Å². The summed E-state index contributed by atoms with van der Waals surface area (Å²) in [6.45, 7) is 8.69. The average Bonchev–Trinajstić information content (AvgIpc) is 2.79. The van der Waals surface area contributed by atoms with E-state index < -0.39 is 0 Å². The zero-order valence-electron chi connectivity index (χ0n) is 11.4. The lowest BCUT2D eigenvalue weighted by molar-refractivity contribution is 0.832. The number of aryl methyl sites for hydroxylation is 2. The number of fused-ring (bicyclic) bond motifs is 3. The Hall–Kier alpha value is -1.83. The molecule has 2 heterocycles. The summed E-state index contributed by atoms with van der Waals surface area (Å²) in [5.74, 6) is 0.438. The maximum absolute atomic E-state index is 4.86. The number of hydrogen-bond acceptors (Lipinski definition) is 1. The average molecular weight is 238 g/mol. The molecule has 0 aliphatic rings. The van der Waals surface area contributed by atoms with Crippen LogP contribution in [0.5, 0.6) is 0 Å². The summed E-state index contributed by atoms with van der Waals surface area (Å²) in [7, 11) is 0.